The Morgan fingerprint density at radius 2 is 1.67 bits per heavy atom. The van der Waals surface area contributed by atoms with E-state index in [9.17, 15) is 9.59 Å². The summed E-state index contributed by atoms with van der Waals surface area (Å²) in [6.45, 7) is 1.54. The van der Waals surface area contributed by atoms with Crippen LogP contribution in [0.25, 0.3) is 0 Å². The summed E-state index contributed by atoms with van der Waals surface area (Å²) in [5.41, 5.74) is 0.670. The quantitative estimate of drug-likeness (QED) is 0.551. The SMILES string of the molecule is COc1ccc(OC)c(C(=O)O[C@H](C)C(=O)c2ccc(Br)cc2)c1. The van der Waals surface area contributed by atoms with E-state index >= 15 is 0 Å². The summed E-state index contributed by atoms with van der Waals surface area (Å²) in [6, 6.07) is 11.6. The number of carbonyl (C=O) groups is 2. The van der Waals surface area contributed by atoms with Crippen molar-refractivity contribution in [3.05, 3.63) is 58.1 Å². The minimum atomic E-state index is -0.922. The van der Waals surface area contributed by atoms with Crippen LogP contribution in [-0.2, 0) is 4.74 Å². The van der Waals surface area contributed by atoms with Gasteiger partial charge in [-0.1, -0.05) is 28.1 Å². The van der Waals surface area contributed by atoms with E-state index in [4.69, 9.17) is 14.2 Å². The number of methoxy groups -OCH3 is 2. The first kappa shape index (κ1) is 18.0. The van der Waals surface area contributed by atoms with Crippen LogP contribution in [0.4, 0.5) is 0 Å². The minimum Gasteiger partial charge on any atom is -0.497 e. The van der Waals surface area contributed by atoms with E-state index in [1.165, 1.54) is 27.2 Å². The molecule has 0 aliphatic rings. The lowest BCUT2D eigenvalue weighted by Gasteiger charge is -2.14. The Morgan fingerprint density at radius 1 is 1.00 bits per heavy atom. The third-order valence-electron chi connectivity index (χ3n) is 3.41. The molecule has 0 aromatic heterocycles. The maximum Gasteiger partial charge on any atom is 0.342 e. The molecule has 0 bridgehead atoms. The lowest BCUT2D eigenvalue weighted by atomic mass is 10.1. The van der Waals surface area contributed by atoms with Gasteiger partial charge in [-0.2, -0.15) is 0 Å². The molecule has 0 saturated heterocycles. The Bertz CT molecular complexity index is 740. The predicted octanol–water partition coefficient (Wildman–Crippen LogP) is 3.89. The van der Waals surface area contributed by atoms with Gasteiger partial charge in [0.2, 0.25) is 5.78 Å². The molecule has 2 rings (SSSR count). The van der Waals surface area contributed by atoms with Crippen molar-refractivity contribution < 1.29 is 23.8 Å². The number of hydrogen-bond acceptors (Lipinski definition) is 5. The number of hydrogen-bond donors (Lipinski definition) is 0. The van der Waals surface area contributed by atoms with Gasteiger partial charge in [-0.3, -0.25) is 4.79 Å². The average Bonchev–Trinajstić information content (AvgIpc) is 2.60. The number of ketones is 1. The Labute approximate surface area is 148 Å². The van der Waals surface area contributed by atoms with Crippen molar-refractivity contribution >= 4 is 27.7 Å². The standard InChI is InChI=1S/C18H17BrO5/c1-11(17(20)12-4-6-13(19)7-5-12)24-18(21)15-10-14(22-2)8-9-16(15)23-3/h4-11H,1-3H3/t11-/m1/s1. The summed E-state index contributed by atoms with van der Waals surface area (Å²) in [4.78, 5) is 24.7. The fourth-order valence-corrected chi connectivity index (χ4v) is 2.36. The van der Waals surface area contributed by atoms with Crippen molar-refractivity contribution in [3.63, 3.8) is 0 Å². The molecule has 0 fully saturated rings. The van der Waals surface area contributed by atoms with Crippen LogP contribution < -0.4 is 9.47 Å². The number of ether oxygens (including phenoxy) is 3. The normalized spacial score (nSPS) is 11.5. The first-order valence-corrected chi connectivity index (χ1v) is 7.98. The van der Waals surface area contributed by atoms with E-state index in [2.05, 4.69) is 15.9 Å². The largest absolute Gasteiger partial charge is 0.497 e. The second-order valence-corrected chi connectivity index (χ2v) is 5.90. The maximum absolute atomic E-state index is 12.4. The van der Waals surface area contributed by atoms with Crippen LogP contribution in [0, 0.1) is 0 Å². The second kappa shape index (κ2) is 7.97. The fourth-order valence-electron chi connectivity index (χ4n) is 2.10. The van der Waals surface area contributed by atoms with Gasteiger partial charge in [0.05, 0.1) is 14.2 Å². The van der Waals surface area contributed by atoms with Crippen LogP contribution in [0.1, 0.15) is 27.6 Å². The van der Waals surface area contributed by atoms with Crippen molar-refractivity contribution in [1.82, 2.24) is 0 Å². The maximum atomic E-state index is 12.4. The van der Waals surface area contributed by atoms with Crippen LogP contribution >= 0.6 is 15.9 Å². The highest BCUT2D eigenvalue weighted by atomic mass is 79.9. The molecule has 24 heavy (non-hydrogen) atoms. The lowest BCUT2D eigenvalue weighted by molar-refractivity contribution is 0.0315. The summed E-state index contributed by atoms with van der Waals surface area (Å²) >= 11 is 3.31. The van der Waals surface area contributed by atoms with E-state index in [0.29, 0.717) is 17.1 Å². The zero-order chi connectivity index (χ0) is 17.7. The van der Waals surface area contributed by atoms with Crippen LogP contribution in [0.5, 0.6) is 11.5 Å². The molecule has 6 heteroatoms. The Morgan fingerprint density at radius 3 is 2.25 bits per heavy atom. The van der Waals surface area contributed by atoms with Crippen molar-refractivity contribution in [2.45, 2.75) is 13.0 Å². The molecule has 0 heterocycles. The van der Waals surface area contributed by atoms with Gasteiger partial charge in [0.15, 0.2) is 6.10 Å². The number of Topliss-reactive ketones (excluding diaryl/α,β-unsaturated/α-hetero) is 1. The van der Waals surface area contributed by atoms with Gasteiger partial charge in [-0.05, 0) is 37.3 Å². The lowest BCUT2D eigenvalue weighted by Crippen LogP contribution is -2.24. The van der Waals surface area contributed by atoms with Crippen molar-refractivity contribution in [3.8, 4) is 11.5 Å². The van der Waals surface area contributed by atoms with Gasteiger partial charge in [-0.15, -0.1) is 0 Å². The van der Waals surface area contributed by atoms with Gasteiger partial charge in [-0.25, -0.2) is 4.79 Å². The number of esters is 1. The second-order valence-electron chi connectivity index (χ2n) is 4.98. The number of carbonyl (C=O) groups excluding carboxylic acids is 2. The van der Waals surface area contributed by atoms with Crippen molar-refractivity contribution in [1.29, 1.82) is 0 Å². The van der Waals surface area contributed by atoms with E-state index in [1.807, 2.05) is 0 Å². The molecule has 0 aliphatic carbocycles. The molecular formula is C18H17BrO5. The van der Waals surface area contributed by atoms with Gasteiger partial charge >= 0.3 is 5.97 Å². The van der Waals surface area contributed by atoms with Crippen LogP contribution in [-0.4, -0.2) is 32.1 Å². The van der Waals surface area contributed by atoms with Crippen LogP contribution in [0.2, 0.25) is 0 Å². The van der Waals surface area contributed by atoms with E-state index in [1.54, 1.807) is 36.4 Å². The van der Waals surface area contributed by atoms with Gasteiger partial charge < -0.3 is 14.2 Å². The zero-order valence-corrected chi connectivity index (χ0v) is 15.1. The Hall–Kier alpha value is -2.34. The Kier molecular flexibility index (Phi) is 5.98. The summed E-state index contributed by atoms with van der Waals surface area (Å²) in [5, 5.41) is 0. The zero-order valence-electron chi connectivity index (χ0n) is 13.5. The molecule has 0 radical (unpaired) electrons. The minimum absolute atomic E-state index is 0.201. The molecule has 2 aromatic rings. The Balaban J connectivity index is 2.16. The topological polar surface area (TPSA) is 61.8 Å². The van der Waals surface area contributed by atoms with E-state index in [-0.39, 0.29) is 11.3 Å². The first-order valence-electron chi connectivity index (χ1n) is 7.19. The highest BCUT2D eigenvalue weighted by Crippen LogP contribution is 2.25. The van der Waals surface area contributed by atoms with Gasteiger partial charge in [0.25, 0.3) is 0 Å². The smallest absolute Gasteiger partial charge is 0.342 e. The van der Waals surface area contributed by atoms with Crippen LogP contribution in [0.15, 0.2) is 46.9 Å². The molecule has 0 aliphatic heterocycles. The third kappa shape index (κ3) is 4.14. The molecule has 126 valence electrons. The summed E-state index contributed by atoms with van der Waals surface area (Å²) in [6.07, 6.45) is -0.922. The summed E-state index contributed by atoms with van der Waals surface area (Å²) < 4.78 is 16.4. The average molecular weight is 393 g/mol. The predicted molar refractivity (Wildman–Crippen MR) is 92.9 cm³/mol. The molecular weight excluding hydrogens is 376 g/mol. The summed E-state index contributed by atoms with van der Waals surface area (Å²) in [5.74, 6) is -0.0832. The van der Waals surface area contributed by atoms with Crippen LogP contribution in [0.3, 0.4) is 0 Å². The van der Waals surface area contributed by atoms with Gasteiger partial charge in [0.1, 0.15) is 17.1 Å². The molecule has 0 unspecified atom stereocenters. The van der Waals surface area contributed by atoms with Crippen molar-refractivity contribution in [2.24, 2.45) is 0 Å². The molecule has 0 amide bonds. The molecule has 0 saturated carbocycles. The van der Waals surface area contributed by atoms with E-state index in [0.717, 1.165) is 4.47 Å². The van der Waals surface area contributed by atoms with Gasteiger partial charge in [0, 0.05) is 10.0 Å². The number of halogens is 1. The molecule has 1 atom stereocenters. The fraction of sp³-hybridized carbons (Fsp3) is 0.222. The summed E-state index contributed by atoms with van der Waals surface area (Å²) in [7, 11) is 2.95. The number of benzene rings is 2. The molecule has 0 N–H and O–H groups in total. The highest BCUT2D eigenvalue weighted by Gasteiger charge is 2.23. The first-order chi connectivity index (χ1) is 11.5. The molecule has 5 nitrogen and oxygen atoms in total. The monoisotopic (exact) mass is 392 g/mol. The van der Waals surface area contributed by atoms with E-state index < -0.39 is 12.1 Å². The third-order valence-corrected chi connectivity index (χ3v) is 3.94. The van der Waals surface area contributed by atoms with Crippen molar-refractivity contribution in [2.75, 3.05) is 14.2 Å². The molecule has 2 aromatic carbocycles. The number of rotatable bonds is 6. The molecule has 0 spiro atoms. The highest BCUT2D eigenvalue weighted by molar-refractivity contribution is 9.10.